The van der Waals surface area contributed by atoms with Gasteiger partial charge in [0.2, 0.25) is 0 Å². The molecule has 0 spiro atoms. The van der Waals surface area contributed by atoms with E-state index >= 15 is 0 Å². The molecule has 1 amide bonds. The lowest BCUT2D eigenvalue weighted by molar-refractivity contribution is 0.0777. The zero-order valence-corrected chi connectivity index (χ0v) is 18.3. The summed E-state index contributed by atoms with van der Waals surface area (Å²) in [5, 5.41) is 11.6. The Hall–Kier alpha value is -3.86. The number of amides is 1. The minimum absolute atomic E-state index is 0.0912. The minimum atomic E-state index is -0.988. The number of carbonyl (C=O) groups is 1. The number of carbonyl (C=O) groups excluding carboxylic acids is 1. The molecule has 1 aliphatic rings. The monoisotopic (exact) mass is 469 g/mol. The zero-order valence-electron chi connectivity index (χ0n) is 18.3. The van der Waals surface area contributed by atoms with Crippen molar-refractivity contribution in [3.8, 4) is 28.5 Å². The van der Waals surface area contributed by atoms with Crippen molar-refractivity contribution < 1.29 is 27.6 Å². The minimum Gasteiger partial charge on any atom is -0.488 e. The maximum atomic E-state index is 14.5. The molecular weight excluding hydrogens is 448 g/mol. The molecule has 0 bridgehead atoms. The molecule has 4 heterocycles. The van der Waals surface area contributed by atoms with E-state index < -0.39 is 12.0 Å². The number of pyridine rings is 1. The topological polar surface area (TPSA) is 106 Å². The average molecular weight is 469 g/mol. The number of nitrogens with one attached hydrogen (secondary N) is 1. The molecule has 1 atom stereocenters. The van der Waals surface area contributed by atoms with Crippen molar-refractivity contribution in [3.05, 3.63) is 48.0 Å². The van der Waals surface area contributed by atoms with Crippen LogP contribution in [-0.4, -0.2) is 70.7 Å². The van der Waals surface area contributed by atoms with Crippen molar-refractivity contribution >= 4 is 16.8 Å². The van der Waals surface area contributed by atoms with Gasteiger partial charge >= 0.3 is 0 Å². The molecule has 34 heavy (non-hydrogen) atoms. The second-order valence-electron chi connectivity index (χ2n) is 7.89. The number of methoxy groups -OCH3 is 1. The van der Waals surface area contributed by atoms with Crippen molar-refractivity contribution in [2.75, 3.05) is 33.4 Å². The van der Waals surface area contributed by atoms with Gasteiger partial charge < -0.3 is 18.9 Å². The molecule has 5 rings (SSSR count). The maximum Gasteiger partial charge on any atom is 0.272 e. The summed E-state index contributed by atoms with van der Waals surface area (Å²) in [6.45, 7) is 1.04. The summed E-state index contributed by atoms with van der Waals surface area (Å²) in [6, 6.07) is 7.77. The highest BCUT2D eigenvalue weighted by molar-refractivity contribution is 5.94. The van der Waals surface area contributed by atoms with E-state index in [1.54, 1.807) is 18.2 Å². The Morgan fingerprint density at radius 1 is 1.29 bits per heavy atom. The third-order valence-electron chi connectivity index (χ3n) is 5.60. The molecule has 176 valence electrons. The Bertz CT molecular complexity index is 1320. The van der Waals surface area contributed by atoms with Crippen LogP contribution in [0.2, 0.25) is 0 Å². The number of hydrogen-bond acceptors (Lipinski definition) is 7. The van der Waals surface area contributed by atoms with E-state index in [4.69, 9.17) is 14.0 Å². The lowest BCUT2D eigenvalue weighted by Gasteiger charge is -2.14. The molecular formula is C23H21F2N5O4. The smallest absolute Gasteiger partial charge is 0.272 e. The fourth-order valence-electron chi connectivity index (χ4n) is 3.81. The van der Waals surface area contributed by atoms with Gasteiger partial charge in [-0.15, -0.1) is 0 Å². The lowest BCUT2D eigenvalue weighted by Crippen LogP contribution is -2.29. The number of alkyl halides is 1. The number of ether oxygens (including phenoxy) is 2. The predicted molar refractivity (Wildman–Crippen MR) is 118 cm³/mol. The molecule has 3 aromatic heterocycles. The van der Waals surface area contributed by atoms with Gasteiger partial charge in [-0.25, -0.2) is 8.78 Å². The molecule has 4 aromatic rings. The van der Waals surface area contributed by atoms with Gasteiger partial charge in [0, 0.05) is 42.9 Å². The first kappa shape index (κ1) is 22.0. The molecule has 0 radical (unpaired) electrons. The molecule has 1 aliphatic heterocycles. The van der Waals surface area contributed by atoms with Crippen molar-refractivity contribution in [2.24, 2.45) is 0 Å². The quantitative estimate of drug-likeness (QED) is 0.412. The molecule has 9 nitrogen and oxygen atoms in total. The number of H-pyrrole nitrogens is 1. The Morgan fingerprint density at radius 2 is 2.18 bits per heavy atom. The number of aromatic amines is 1. The van der Waals surface area contributed by atoms with Crippen LogP contribution in [0.25, 0.3) is 33.6 Å². The molecule has 0 unspecified atom stereocenters. The van der Waals surface area contributed by atoms with Crippen molar-refractivity contribution in [3.63, 3.8) is 0 Å². The Kier molecular flexibility index (Phi) is 5.93. The largest absolute Gasteiger partial charge is 0.488 e. The van der Waals surface area contributed by atoms with E-state index in [2.05, 4.69) is 20.3 Å². The van der Waals surface area contributed by atoms with Gasteiger partial charge in [-0.05, 0) is 24.6 Å². The lowest BCUT2D eigenvalue weighted by atomic mass is 10.1. The van der Waals surface area contributed by atoms with Gasteiger partial charge in [0.25, 0.3) is 5.91 Å². The summed E-state index contributed by atoms with van der Waals surface area (Å²) in [5.41, 5.74) is 2.30. The summed E-state index contributed by atoms with van der Waals surface area (Å²) in [4.78, 5) is 18.1. The molecule has 0 saturated carbocycles. The molecule has 1 N–H and O–H groups in total. The number of nitrogens with zero attached hydrogens (tertiary/aromatic N) is 4. The van der Waals surface area contributed by atoms with Crippen LogP contribution in [-0.2, 0) is 4.74 Å². The Balaban J connectivity index is 1.35. The molecule has 1 fully saturated rings. The highest BCUT2D eigenvalue weighted by Gasteiger charge is 2.27. The maximum absolute atomic E-state index is 14.5. The van der Waals surface area contributed by atoms with Crippen molar-refractivity contribution in [1.29, 1.82) is 0 Å². The summed E-state index contributed by atoms with van der Waals surface area (Å²) >= 11 is 0. The number of halogens is 2. The van der Waals surface area contributed by atoms with Gasteiger partial charge in [0.05, 0.1) is 18.7 Å². The summed E-state index contributed by atoms with van der Waals surface area (Å²) in [5.74, 6) is -0.412. The summed E-state index contributed by atoms with van der Waals surface area (Å²) < 4.78 is 43.6. The molecule has 1 aromatic carbocycles. The number of fused-ring (bicyclic) bond motifs is 1. The Labute approximate surface area is 192 Å². The summed E-state index contributed by atoms with van der Waals surface area (Å²) in [7, 11) is 1.54. The van der Waals surface area contributed by atoms with E-state index in [0.717, 1.165) is 0 Å². The first-order chi connectivity index (χ1) is 16.5. The van der Waals surface area contributed by atoms with E-state index in [1.165, 1.54) is 30.3 Å². The van der Waals surface area contributed by atoms with Gasteiger partial charge in [-0.3, -0.25) is 14.9 Å². The number of hydrogen-bond donors (Lipinski definition) is 1. The number of aromatic nitrogens is 4. The van der Waals surface area contributed by atoms with Crippen LogP contribution in [0.3, 0.4) is 0 Å². The second-order valence-corrected chi connectivity index (χ2v) is 7.89. The van der Waals surface area contributed by atoms with Gasteiger partial charge in [0.1, 0.15) is 29.9 Å². The second kappa shape index (κ2) is 9.18. The first-order valence-corrected chi connectivity index (χ1v) is 10.7. The predicted octanol–water partition coefficient (Wildman–Crippen LogP) is 3.63. The van der Waals surface area contributed by atoms with Crippen molar-refractivity contribution in [1.82, 2.24) is 25.2 Å². The number of likely N-dealkylation sites (tertiary alicyclic amines) is 1. The van der Waals surface area contributed by atoms with Crippen LogP contribution in [0.15, 0.2) is 41.1 Å². The number of rotatable bonds is 7. The van der Waals surface area contributed by atoms with Crippen LogP contribution >= 0.6 is 0 Å². The number of benzene rings is 1. The van der Waals surface area contributed by atoms with E-state index in [1.807, 2.05) is 0 Å². The average Bonchev–Trinajstić information content (AvgIpc) is 3.59. The molecule has 1 saturated heterocycles. The van der Waals surface area contributed by atoms with Gasteiger partial charge in [0.15, 0.2) is 17.3 Å². The van der Waals surface area contributed by atoms with Crippen LogP contribution in [0, 0.1) is 5.82 Å². The molecule has 11 heteroatoms. The van der Waals surface area contributed by atoms with E-state index in [-0.39, 0.29) is 30.5 Å². The highest BCUT2D eigenvalue weighted by Crippen LogP contribution is 2.33. The standard InChI is InChI=1S/C23H21F2N5O4/c1-32-6-7-33-20-10-19-15(8-16(20)25)22(28-27-19)21-9-18(29-34-21)13-2-3-17(26-11-13)23(31)30-5-4-14(24)12-30/h2-3,8-11,14H,4-7,12H2,1H3,(H,27,28)/t14-/m1/s1. The van der Waals surface area contributed by atoms with Crippen LogP contribution < -0.4 is 4.74 Å². The van der Waals surface area contributed by atoms with E-state index in [9.17, 15) is 13.6 Å². The zero-order chi connectivity index (χ0) is 23.7. The Morgan fingerprint density at radius 3 is 2.91 bits per heavy atom. The fourth-order valence-corrected chi connectivity index (χ4v) is 3.81. The first-order valence-electron chi connectivity index (χ1n) is 10.7. The van der Waals surface area contributed by atoms with Crippen molar-refractivity contribution in [2.45, 2.75) is 12.6 Å². The van der Waals surface area contributed by atoms with Gasteiger partial charge in [-0.2, -0.15) is 5.10 Å². The van der Waals surface area contributed by atoms with Crippen LogP contribution in [0.1, 0.15) is 16.9 Å². The summed E-state index contributed by atoms with van der Waals surface area (Å²) in [6.07, 6.45) is 0.863. The molecule has 0 aliphatic carbocycles. The highest BCUT2D eigenvalue weighted by atomic mass is 19.1. The van der Waals surface area contributed by atoms with Crippen LogP contribution in [0.5, 0.6) is 5.75 Å². The van der Waals surface area contributed by atoms with Gasteiger partial charge in [-0.1, -0.05) is 5.16 Å². The third kappa shape index (κ3) is 4.21. The fraction of sp³-hybridized carbons (Fsp3) is 0.304. The van der Waals surface area contributed by atoms with Crippen LogP contribution in [0.4, 0.5) is 8.78 Å². The third-order valence-corrected chi connectivity index (χ3v) is 5.60. The SMILES string of the molecule is COCCOc1cc2[nH]nc(-c3cc(-c4ccc(C(=O)N5CC[C@@H](F)C5)nc4)no3)c2cc1F. The normalized spacial score (nSPS) is 15.9. The van der Waals surface area contributed by atoms with E-state index in [0.29, 0.717) is 53.2 Å².